The molecule has 0 atom stereocenters. The van der Waals surface area contributed by atoms with E-state index in [4.69, 9.17) is 4.42 Å². The van der Waals surface area contributed by atoms with E-state index in [0.29, 0.717) is 0 Å². The van der Waals surface area contributed by atoms with E-state index in [9.17, 15) is 0 Å². The summed E-state index contributed by atoms with van der Waals surface area (Å²) in [4.78, 5) is 2.39. The molecule has 0 saturated carbocycles. The number of hydrogen-bond donors (Lipinski definition) is 0. The van der Waals surface area contributed by atoms with Crippen molar-refractivity contribution >= 4 is 60.5 Å². The van der Waals surface area contributed by atoms with Gasteiger partial charge in [-0.1, -0.05) is 152 Å². The van der Waals surface area contributed by atoms with Gasteiger partial charge >= 0.3 is 0 Å². The minimum absolute atomic E-state index is 0.554. The highest BCUT2D eigenvalue weighted by Crippen LogP contribution is 2.59. The van der Waals surface area contributed by atoms with E-state index in [-0.39, 0.29) is 0 Å². The van der Waals surface area contributed by atoms with Gasteiger partial charge in [0.15, 0.2) is 0 Å². The SMILES string of the molecule is c1ccc(C2(c3ccccc3)c3cc(N(c4ccc5ccccc5c4)c4ccc5c(c4)oc4ccccc45)ccc3-c3ccc4ccccc4c32)cc1. The van der Waals surface area contributed by atoms with E-state index < -0.39 is 5.41 Å². The van der Waals surface area contributed by atoms with Crippen LogP contribution in [0.1, 0.15) is 22.3 Å². The number of para-hydroxylation sites is 1. The minimum atomic E-state index is -0.554. The van der Waals surface area contributed by atoms with E-state index in [1.807, 2.05) is 12.1 Å². The molecular formula is C51H33NO. The van der Waals surface area contributed by atoms with Crippen LogP contribution in [-0.2, 0) is 5.41 Å². The van der Waals surface area contributed by atoms with Crippen LogP contribution in [0.15, 0.2) is 205 Å². The molecule has 0 fully saturated rings. The Morgan fingerprint density at radius 3 is 1.70 bits per heavy atom. The van der Waals surface area contributed by atoms with Gasteiger partial charge in [-0.2, -0.15) is 0 Å². The smallest absolute Gasteiger partial charge is 0.137 e. The first kappa shape index (κ1) is 29.8. The molecule has 0 amide bonds. The van der Waals surface area contributed by atoms with Crippen LogP contribution >= 0.6 is 0 Å². The van der Waals surface area contributed by atoms with Gasteiger partial charge < -0.3 is 9.32 Å². The number of fused-ring (bicyclic) bond motifs is 9. The topological polar surface area (TPSA) is 16.4 Å². The maximum atomic E-state index is 6.46. The molecule has 0 N–H and O–H groups in total. The number of furan rings is 1. The first-order chi connectivity index (χ1) is 26.3. The molecular weight excluding hydrogens is 643 g/mol. The third-order valence-corrected chi connectivity index (χ3v) is 11.3. The van der Waals surface area contributed by atoms with E-state index in [1.54, 1.807) is 0 Å². The van der Waals surface area contributed by atoms with Crippen molar-refractivity contribution in [2.75, 3.05) is 4.90 Å². The van der Waals surface area contributed by atoms with Gasteiger partial charge in [0.25, 0.3) is 0 Å². The minimum Gasteiger partial charge on any atom is -0.456 e. The molecule has 1 aromatic heterocycles. The van der Waals surface area contributed by atoms with Crippen LogP contribution in [0.5, 0.6) is 0 Å². The molecule has 1 aliphatic carbocycles. The van der Waals surface area contributed by atoms with Crippen molar-refractivity contribution in [3.05, 3.63) is 222 Å². The lowest BCUT2D eigenvalue weighted by atomic mass is 9.66. The zero-order chi connectivity index (χ0) is 34.9. The lowest BCUT2D eigenvalue weighted by Crippen LogP contribution is -2.29. The van der Waals surface area contributed by atoms with E-state index >= 15 is 0 Å². The molecule has 0 spiro atoms. The molecule has 2 nitrogen and oxygen atoms in total. The maximum absolute atomic E-state index is 6.46. The van der Waals surface area contributed by atoms with Crippen molar-refractivity contribution in [2.24, 2.45) is 0 Å². The molecule has 0 saturated heterocycles. The Morgan fingerprint density at radius 1 is 0.358 bits per heavy atom. The van der Waals surface area contributed by atoms with Gasteiger partial charge in [0.2, 0.25) is 0 Å². The zero-order valence-electron chi connectivity index (χ0n) is 28.9. The monoisotopic (exact) mass is 675 g/mol. The summed E-state index contributed by atoms with van der Waals surface area (Å²) in [5.74, 6) is 0. The Kier molecular flexibility index (Phi) is 6.50. The zero-order valence-corrected chi connectivity index (χ0v) is 28.9. The molecule has 1 heterocycles. The number of benzene rings is 9. The fourth-order valence-electron chi connectivity index (χ4n) is 9.01. The normalized spacial score (nSPS) is 13.1. The van der Waals surface area contributed by atoms with Gasteiger partial charge in [-0.25, -0.2) is 0 Å². The average Bonchev–Trinajstić information content (AvgIpc) is 3.75. The van der Waals surface area contributed by atoms with Crippen molar-refractivity contribution in [2.45, 2.75) is 5.41 Å². The summed E-state index contributed by atoms with van der Waals surface area (Å²) in [6, 6.07) is 73.0. The summed E-state index contributed by atoms with van der Waals surface area (Å²) in [7, 11) is 0. The fourth-order valence-corrected chi connectivity index (χ4v) is 9.01. The largest absolute Gasteiger partial charge is 0.456 e. The van der Waals surface area contributed by atoms with Crippen LogP contribution in [0.25, 0.3) is 54.6 Å². The Balaban J connectivity index is 1.22. The second kappa shape index (κ2) is 11.6. The highest BCUT2D eigenvalue weighted by atomic mass is 16.3. The van der Waals surface area contributed by atoms with Gasteiger partial charge in [0.1, 0.15) is 11.2 Å². The number of anilines is 3. The molecule has 0 bridgehead atoms. The van der Waals surface area contributed by atoms with Crippen LogP contribution in [0.3, 0.4) is 0 Å². The predicted molar refractivity (Wildman–Crippen MR) is 221 cm³/mol. The second-order valence-electron chi connectivity index (χ2n) is 14.1. The first-order valence-electron chi connectivity index (χ1n) is 18.3. The first-order valence-corrected chi connectivity index (χ1v) is 18.3. The molecule has 0 aliphatic heterocycles. The van der Waals surface area contributed by atoms with Crippen LogP contribution in [0, 0.1) is 0 Å². The van der Waals surface area contributed by atoms with Gasteiger partial charge in [-0.3, -0.25) is 0 Å². The lowest BCUT2D eigenvalue weighted by molar-refractivity contribution is 0.669. The van der Waals surface area contributed by atoms with Crippen LogP contribution in [0.2, 0.25) is 0 Å². The lowest BCUT2D eigenvalue weighted by Gasteiger charge is -2.35. The highest BCUT2D eigenvalue weighted by molar-refractivity contribution is 6.06. The van der Waals surface area contributed by atoms with Crippen LogP contribution in [0.4, 0.5) is 17.1 Å². The average molecular weight is 676 g/mol. The molecule has 11 rings (SSSR count). The van der Waals surface area contributed by atoms with Crippen molar-refractivity contribution in [3.8, 4) is 11.1 Å². The second-order valence-corrected chi connectivity index (χ2v) is 14.1. The third kappa shape index (κ3) is 4.39. The van der Waals surface area contributed by atoms with Gasteiger partial charge in [-0.15, -0.1) is 0 Å². The molecule has 1 aliphatic rings. The summed E-state index contributed by atoms with van der Waals surface area (Å²) in [5, 5.41) is 7.18. The van der Waals surface area contributed by atoms with Gasteiger partial charge in [0.05, 0.1) is 5.41 Å². The van der Waals surface area contributed by atoms with Crippen LogP contribution in [-0.4, -0.2) is 0 Å². The molecule has 9 aromatic carbocycles. The van der Waals surface area contributed by atoms with E-state index in [0.717, 1.165) is 39.0 Å². The third-order valence-electron chi connectivity index (χ3n) is 11.3. The van der Waals surface area contributed by atoms with Crippen molar-refractivity contribution in [1.29, 1.82) is 0 Å². The Labute approximate surface area is 307 Å². The number of rotatable bonds is 5. The molecule has 0 unspecified atom stereocenters. The Hall–Kier alpha value is -6.90. The number of nitrogens with zero attached hydrogens (tertiary/aromatic N) is 1. The Bertz CT molecular complexity index is 2970. The predicted octanol–water partition coefficient (Wildman–Crippen LogP) is 13.7. The quantitative estimate of drug-likeness (QED) is 0.181. The summed E-state index contributed by atoms with van der Waals surface area (Å²) in [6.45, 7) is 0. The molecule has 53 heavy (non-hydrogen) atoms. The Morgan fingerprint density at radius 2 is 0.906 bits per heavy atom. The van der Waals surface area contributed by atoms with Crippen molar-refractivity contribution < 1.29 is 4.42 Å². The van der Waals surface area contributed by atoms with Gasteiger partial charge in [-0.05, 0) is 97.4 Å². The van der Waals surface area contributed by atoms with Crippen molar-refractivity contribution in [3.63, 3.8) is 0 Å². The molecule has 10 aromatic rings. The standard InChI is InChI=1S/C51H33NO/c1-3-16-37(17-4-1)51(38-18-5-2-6-19-38)47-32-40(26-29-43(47)46-28-24-35-14-9-10-20-42(35)50(46)51)52(39-25-23-34-13-7-8-15-36(34)31-39)41-27-30-45-44-21-11-12-22-48(44)53-49(45)33-41/h1-33H. The maximum Gasteiger partial charge on any atom is 0.137 e. The highest BCUT2D eigenvalue weighted by Gasteiger charge is 2.47. The summed E-state index contributed by atoms with van der Waals surface area (Å²) in [6.07, 6.45) is 0. The summed E-state index contributed by atoms with van der Waals surface area (Å²) < 4.78 is 6.46. The van der Waals surface area contributed by atoms with Gasteiger partial charge in [0, 0.05) is 33.9 Å². The van der Waals surface area contributed by atoms with E-state index in [1.165, 1.54) is 54.9 Å². The molecule has 248 valence electrons. The van der Waals surface area contributed by atoms with Crippen molar-refractivity contribution in [1.82, 2.24) is 0 Å². The van der Waals surface area contributed by atoms with Crippen LogP contribution < -0.4 is 4.90 Å². The molecule has 0 radical (unpaired) electrons. The molecule has 2 heteroatoms. The summed E-state index contributed by atoms with van der Waals surface area (Å²) >= 11 is 0. The van der Waals surface area contributed by atoms with E-state index in [2.05, 4.69) is 193 Å². The number of hydrogen-bond acceptors (Lipinski definition) is 2. The fraction of sp³-hybridized carbons (Fsp3) is 0.0196. The summed E-state index contributed by atoms with van der Waals surface area (Å²) in [5.41, 5.74) is 12.1.